The number of ketones is 1. The number of Topliss-reactive ketones (excluding diaryl/α,β-unsaturated/α-hetero) is 1. The Bertz CT molecular complexity index is 1100. The van der Waals surface area contributed by atoms with Crippen molar-refractivity contribution >= 4 is 16.7 Å². The number of hydrogen-bond donors (Lipinski definition) is 1. The predicted octanol–water partition coefficient (Wildman–Crippen LogP) is 3.26. The summed E-state index contributed by atoms with van der Waals surface area (Å²) in [5.41, 5.74) is 3.85. The Morgan fingerprint density at radius 1 is 1.26 bits per heavy atom. The molecule has 180 valence electrons. The number of fused-ring (bicyclic) bond motifs is 1. The number of carbonyl (C=O) groups is 1. The second kappa shape index (κ2) is 11.1. The van der Waals surface area contributed by atoms with Crippen LogP contribution in [0.1, 0.15) is 37.3 Å². The van der Waals surface area contributed by atoms with Crippen LogP contribution in [0.15, 0.2) is 36.0 Å². The summed E-state index contributed by atoms with van der Waals surface area (Å²) in [6, 6.07) is 8.62. The molecule has 1 fully saturated rings. The van der Waals surface area contributed by atoms with Crippen LogP contribution in [0.2, 0.25) is 0 Å². The number of pyridine rings is 1. The van der Waals surface area contributed by atoms with E-state index in [2.05, 4.69) is 28.2 Å². The van der Waals surface area contributed by atoms with E-state index in [1.54, 1.807) is 20.4 Å². The van der Waals surface area contributed by atoms with Gasteiger partial charge in [0, 0.05) is 44.2 Å². The molecular weight excluding hydrogens is 428 g/mol. The first kappa shape index (κ1) is 24.3. The SMILES string of the molecule is COc1ccc2ncc(C#N)c(CCN3CCC(NCC4=CC(OC)C(=O)CC4C)CC3)c2c1. The van der Waals surface area contributed by atoms with Crippen LogP contribution in [0, 0.1) is 17.2 Å². The fourth-order valence-corrected chi connectivity index (χ4v) is 5.05. The Hall–Kier alpha value is -2.79. The van der Waals surface area contributed by atoms with Gasteiger partial charge in [0.1, 0.15) is 17.9 Å². The van der Waals surface area contributed by atoms with Crippen molar-refractivity contribution in [2.45, 2.75) is 44.8 Å². The normalized spacial score (nSPS) is 21.9. The zero-order chi connectivity index (χ0) is 24.1. The molecule has 1 aliphatic carbocycles. The molecule has 7 nitrogen and oxygen atoms in total. The standard InChI is InChI=1S/C27H34N4O3/c1-18-12-26(32)27(34-3)13-19(18)16-29-21-6-9-31(10-7-21)11-8-23-20(15-28)17-30-25-5-4-22(33-2)14-24(23)25/h4-5,13-14,17-18,21,27,29H,6-12,16H2,1-3H3. The summed E-state index contributed by atoms with van der Waals surface area (Å²) in [6.45, 7) is 5.90. The molecule has 0 spiro atoms. The molecule has 34 heavy (non-hydrogen) atoms. The highest BCUT2D eigenvalue weighted by atomic mass is 16.5. The topological polar surface area (TPSA) is 87.5 Å². The molecule has 2 atom stereocenters. The maximum atomic E-state index is 12.0. The first-order valence-corrected chi connectivity index (χ1v) is 12.1. The number of nitriles is 1. The number of ether oxygens (including phenoxy) is 2. The number of nitrogens with one attached hydrogen (secondary N) is 1. The predicted molar refractivity (Wildman–Crippen MR) is 132 cm³/mol. The Kier molecular flexibility index (Phi) is 7.94. The van der Waals surface area contributed by atoms with Gasteiger partial charge < -0.3 is 19.7 Å². The molecule has 7 heteroatoms. The van der Waals surface area contributed by atoms with Crippen LogP contribution in [0.3, 0.4) is 0 Å². The third-order valence-electron chi connectivity index (χ3n) is 7.24. The van der Waals surface area contributed by atoms with Gasteiger partial charge in [-0.1, -0.05) is 12.5 Å². The summed E-state index contributed by atoms with van der Waals surface area (Å²) in [7, 11) is 3.25. The van der Waals surface area contributed by atoms with E-state index in [1.165, 1.54) is 5.57 Å². The van der Waals surface area contributed by atoms with Crippen LogP contribution < -0.4 is 10.1 Å². The lowest BCUT2D eigenvalue weighted by Crippen LogP contribution is -2.44. The highest BCUT2D eigenvalue weighted by Gasteiger charge is 2.27. The number of aromatic nitrogens is 1. The third kappa shape index (κ3) is 5.47. The molecule has 2 unspecified atom stereocenters. The lowest BCUT2D eigenvalue weighted by molar-refractivity contribution is -0.127. The molecule has 2 aromatic rings. The fourth-order valence-electron chi connectivity index (χ4n) is 5.05. The Morgan fingerprint density at radius 2 is 2.06 bits per heavy atom. The van der Waals surface area contributed by atoms with Gasteiger partial charge in [-0.15, -0.1) is 0 Å². The lowest BCUT2D eigenvalue weighted by Gasteiger charge is -2.33. The van der Waals surface area contributed by atoms with Crippen molar-refractivity contribution in [1.29, 1.82) is 5.26 Å². The van der Waals surface area contributed by atoms with Gasteiger partial charge in [0.2, 0.25) is 0 Å². The van der Waals surface area contributed by atoms with E-state index in [0.29, 0.717) is 18.0 Å². The number of carbonyl (C=O) groups excluding carboxylic acids is 1. The molecule has 1 N–H and O–H groups in total. The van der Waals surface area contributed by atoms with Crippen LogP contribution in [-0.4, -0.2) is 68.2 Å². The molecule has 0 saturated carbocycles. The molecule has 0 radical (unpaired) electrons. The Labute approximate surface area is 201 Å². The summed E-state index contributed by atoms with van der Waals surface area (Å²) in [6.07, 6.45) is 6.84. The summed E-state index contributed by atoms with van der Waals surface area (Å²) in [5, 5.41) is 14.3. The molecule has 1 aromatic carbocycles. The molecule has 2 aliphatic rings. The fraction of sp³-hybridized carbons (Fsp3) is 0.519. The molecule has 1 aromatic heterocycles. The molecule has 2 heterocycles. The Morgan fingerprint density at radius 3 is 2.76 bits per heavy atom. The largest absolute Gasteiger partial charge is 0.497 e. The molecular formula is C27H34N4O3. The van der Waals surface area contributed by atoms with Crippen LogP contribution in [0.25, 0.3) is 10.9 Å². The van der Waals surface area contributed by atoms with Gasteiger partial charge in [0.15, 0.2) is 5.78 Å². The molecule has 0 amide bonds. The van der Waals surface area contributed by atoms with E-state index < -0.39 is 6.10 Å². The van der Waals surface area contributed by atoms with Crippen molar-refractivity contribution in [3.8, 4) is 11.8 Å². The highest BCUT2D eigenvalue weighted by molar-refractivity contribution is 5.87. The summed E-state index contributed by atoms with van der Waals surface area (Å²) < 4.78 is 10.7. The Balaban J connectivity index is 1.32. The first-order valence-electron chi connectivity index (χ1n) is 12.1. The van der Waals surface area contributed by atoms with Crippen molar-refractivity contribution in [3.05, 3.63) is 47.2 Å². The summed E-state index contributed by atoms with van der Waals surface area (Å²) in [4.78, 5) is 18.9. The molecule has 0 bridgehead atoms. The zero-order valence-corrected chi connectivity index (χ0v) is 20.3. The second-order valence-corrected chi connectivity index (χ2v) is 9.36. The van der Waals surface area contributed by atoms with Crippen LogP contribution in [0.5, 0.6) is 5.75 Å². The monoisotopic (exact) mass is 462 g/mol. The maximum Gasteiger partial charge on any atom is 0.166 e. The van der Waals surface area contributed by atoms with E-state index in [9.17, 15) is 10.1 Å². The van der Waals surface area contributed by atoms with Crippen molar-refractivity contribution in [1.82, 2.24) is 15.2 Å². The zero-order valence-electron chi connectivity index (χ0n) is 20.3. The lowest BCUT2D eigenvalue weighted by atomic mass is 9.86. The second-order valence-electron chi connectivity index (χ2n) is 9.36. The van der Waals surface area contributed by atoms with Gasteiger partial charge in [-0.05, 0) is 68.1 Å². The summed E-state index contributed by atoms with van der Waals surface area (Å²) >= 11 is 0. The molecule has 1 aliphatic heterocycles. The number of benzene rings is 1. The van der Waals surface area contributed by atoms with E-state index in [4.69, 9.17) is 9.47 Å². The van der Waals surface area contributed by atoms with E-state index in [0.717, 1.165) is 67.7 Å². The van der Waals surface area contributed by atoms with Crippen molar-refractivity contribution < 1.29 is 14.3 Å². The number of piperidine rings is 1. The van der Waals surface area contributed by atoms with Gasteiger partial charge in [-0.2, -0.15) is 5.26 Å². The smallest absolute Gasteiger partial charge is 0.166 e. The van der Waals surface area contributed by atoms with Crippen LogP contribution >= 0.6 is 0 Å². The number of rotatable bonds is 8. The van der Waals surface area contributed by atoms with Crippen LogP contribution in [-0.2, 0) is 16.0 Å². The number of methoxy groups -OCH3 is 2. The van der Waals surface area contributed by atoms with Gasteiger partial charge in [0.25, 0.3) is 0 Å². The maximum absolute atomic E-state index is 12.0. The van der Waals surface area contributed by atoms with E-state index >= 15 is 0 Å². The summed E-state index contributed by atoms with van der Waals surface area (Å²) in [5.74, 6) is 1.22. The van der Waals surface area contributed by atoms with E-state index in [1.807, 2.05) is 24.3 Å². The minimum atomic E-state index is -0.391. The van der Waals surface area contributed by atoms with Crippen LogP contribution in [0.4, 0.5) is 0 Å². The first-order chi connectivity index (χ1) is 16.5. The number of hydrogen-bond acceptors (Lipinski definition) is 7. The average molecular weight is 463 g/mol. The van der Waals surface area contributed by atoms with E-state index in [-0.39, 0.29) is 11.7 Å². The van der Waals surface area contributed by atoms with Gasteiger partial charge in [-0.3, -0.25) is 9.78 Å². The minimum absolute atomic E-state index is 0.173. The van der Waals surface area contributed by atoms with Crippen molar-refractivity contribution in [2.75, 3.05) is 40.4 Å². The molecule has 1 saturated heterocycles. The van der Waals surface area contributed by atoms with Crippen molar-refractivity contribution in [3.63, 3.8) is 0 Å². The quantitative estimate of drug-likeness (QED) is 0.603. The number of likely N-dealkylation sites (tertiary alicyclic amines) is 1. The number of nitrogens with zero attached hydrogens (tertiary/aromatic N) is 3. The minimum Gasteiger partial charge on any atom is -0.497 e. The van der Waals surface area contributed by atoms with Crippen molar-refractivity contribution in [2.24, 2.45) is 5.92 Å². The average Bonchev–Trinajstić information content (AvgIpc) is 2.87. The van der Waals surface area contributed by atoms with Gasteiger partial charge in [0.05, 0.1) is 18.2 Å². The third-order valence-corrected chi connectivity index (χ3v) is 7.24. The van der Waals surface area contributed by atoms with Gasteiger partial charge in [-0.25, -0.2) is 0 Å². The molecule has 4 rings (SSSR count). The highest BCUT2D eigenvalue weighted by Crippen LogP contribution is 2.26. The van der Waals surface area contributed by atoms with Gasteiger partial charge >= 0.3 is 0 Å².